The third-order valence-corrected chi connectivity index (χ3v) is 15.8. The predicted molar refractivity (Wildman–Crippen MR) is 334 cm³/mol. The van der Waals surface area contributed by atoms with E-state index in [2.05, 4.69) is 303 Å². The number of rotatable bonds is 0. The molecule has 0 amide bonds. The van der Waals surface area contributed by atoms with Crippen LogP contribution in [0.5, 0.6) is 0 Å². The van der Waals surface area contributed by atoms with E-state index in [4.69, 9.17) is 0 Å². The van der Waals surface area contributed by atoms with Crippen LogP contribution in [0.1, 0.15) is 11.1 Å². The number of hydrogen-bond acceptors (Lipinski definition) is 0. The summed E-state index contributed by atoms with van der Waals surface area (Å²) in [6, 6.07) is 108. The Labute approximate surface area is 448 Å². The quantitative estimate of drug-likeness (QED) is 0.105. The first-order valence-corrected chi connectivity index (χ1v) is 26.8. The van der Waals surface area contributed by atoms with Gasteiger partial charge in [-0.2, -0.15) is 0 Å². The zero-order chi connectivity index (χ0) is 51.1. The summed E-state index contributed by atoms with van der Waals surface area (Å²) in [5.74, 6) is 0. The second-order valence-electron chi connectivity index (χ2n) is 20.3. The zero-order valence-corrected chi connectivity index (χ0v) is 42.6. The van der Waals surface area contributed by atoms with Crippen molar-refractivity contribution in [2.24, 2.45) is 0 Å². The van der Waals surface area contributed by atoms with E-state index in [1.165, 1.54) is 141 Å². The van der Waals surface area contributed by atoms with Crippen LogP contribution in [-0.2, 0) is 6.42 Å². The smallest absolute Gasteiger partial charge is 0.00135 e. The standard InChI is InChI=1S/C18H12.2C16H10.C14H10.C13H10/c1-2-7-15-12-18-16(11-14(15)6-1)10-9-13-5-3-4-8-17(13)18;1-3-11-7-9-13-5-2-6-14-10-8-12(4-1)15(11)16(13)14;1-2-8-13-12(7-1)14-9-3-5-11-6-4-10-15(13)16(11)14;1-3-7-13-11(5-1)9-10-12-6-2-4-8-14(12)13;1-3-7-12-10(5-1)9-11-6-2-4-8-13(11)12/h1-12H;2*1-10H;1-10H;1-8H,9H2. The van der Waals surface area contributed by atoms with E-state index < -0.39 is 0 Å². The van der Waals surface area contributed by atoms with Crippen LogP contribution >= 0.6 is 0 Å². The summed E-state index contributed by atoms with van der Waals surface area (Å²) >= 11 is 0. The topological polar surface area (TPSA) is 0 Å². The van der Waals surface area contributed by atoms with E-state index in [-0.39, 0.29) is 0 Å². The van der Waals surface area contributed by atoms with Crippen molar-refractivity contribution >= 4 is 97.0 Å². The van der Waals surface area contributed by atoms with Crippen molar-refractivity contribution in [3.63, 3.8) is 0 Å². The van der Waals surface area contributed by atoms with Crippen LogP contribution in [0, 0.1) is 0 Å². The molecule has 2 aliphatic rings. The molecule has 16 aromatic rings. The third kappa shape index (κ3) is 8.47. The lowest BCUT2D eigenvalue weighted by Gasteiger charge is -2.09. The van der Waals surface area contributed by atoms with E-state index >= 15 is 0 Å². The fourth-order valence-corrected chi connectivity index (χ4v) is 12.1. The summed E-state index contributed by atoms with van der Waals surface area (Å²) in [7, 11) is 0. The summed E-state index contributed by atoms with van der Waals surface area (Å²) in [5.41, 5.74) is 11.2. The minimum absolute atomic E-state index is 1.10. The van der Waals surface area contributed by atoms with Crippen LogP contribution < -0.4 is 0 Å². The Morgan fingerprint density at radius 3 is 0.896 bits per heavy atom. The first kappa shape index (κ1) is 45.7. The van der Waals surface area contributed by atoms with Gasteiger partial charge in [-0.05, 0) is 160 Å². The van der Waals surface area contributed by atoms with Crippen molar-refractivity contribution < 1.29 is 0 Å². The van der Waals surface area contributed by atoms with Crippen LogP contribution in [0.2, 0.25) is 0 Å². The van der Waals surface area contributed by atoms with Crippen LogP contribution in [-0.4, -0.2) is 0 Å². The van der Waals surface area contributed by atoms with Crippen molar-refractivity contribution in [3.8, 4) is 33.4 Å². The summed E-state index contributed by atoms with van der Waals surface area (Å²) in [6.45, 7) is 0. The van der Waals surface area contributed by atoms with Gasteiger partial charge in [-0.25, -0.2) is 0 Å². The maximum atomic E-state index is 2.30. The Morgan fingerprint density at radius 2 is 0.442 bits per heavy atom. The molecule has 0 nitrogen and oxygen atoms in total. The molecule has 0 radical (unpaired) electrons. The lowest BCUT2D eigenvalue weighted by molar-refractivity contribution is 1.26. The van der Waals surface area contributed by atoms with Crippen molar-refractivity contribution in [1.82, 2.24) is 0 Å². The van der Waals surface area contributed by atoms with E-state index in [1.54, 1.807) is 0 Å². The van der Waals surface area contributed by atoms with Gasteiger partial charge in [0.15, 0.2) is 0 Å². The van der Waals surface area contributed by atoms with Crippen molar-refractivity contribution in [1.29, 1.82) is 0 Å². The van der Waals surface area contributed by atoms with Gasteiger partial charge in [-0.3, -0.25) is 0 Å². The van der Waals surface area contributed by atoms with Crippen LogP contribution in [0.15, 0.2) is 303 Å². The number of benzene rings is 16. The lowest BCUT2D eigenvalue weighted by Crippen LogP contribution is -1.82. The first-order chi connectivity index (χ1) is 38.2. The van der Waals surface area contributed by atoms with Gasteiger partial charge in [0.25, 0.3) is 0 Å². The molecule has 0 spiro atoms. The maximum absolute atomic E-state index is 2.30. The van der Waals surface area contributed by atoms with E-state index in [9.17, 15) is 0 Å². The molecule has 0 unspecified atom stereocenters. The highest BCUT2D eigenvalue weighted by Crippen LogP contribution is 2.47. The summed E-state index contributed by atoms with van der Waals surface area (Å²) in [4.78, 5) is 0. The van der Waals surface area contributed by atoms with Crippen molar-refractivity contribution in [2.45, 2.75) is 6.42 Å². The molecule has 0 aromatic heterocycles. The van der Waals surface area contributed by atoms with E-state index in [0.717, 1.165) is 6.42 Å². The highest BCUT2D eigenvalue weighted by molar-refractivity contribution is 6.23. The van der Waals surface area contributed by atoms with Crippen molar-refractivity contribution in [3.05, 3.63) is 314 Å². The van der Waals surface area contributed by atoms with Gasteiger partial charge in [0, 0.05) is 0 Å². The maximum Gasteiger partial charge on any atom is -0.00135 e. The summed E-state index contributed by atoms with van der Waals surface area (Å²) in [6.07, 6.45) is 1.10. The molecule has 0 atom stereocenters. The Hall–Kier alpha value is -9.88. The van der Waals surface area contributed by atoms with Gasteiger partial charge in [0.05, 0.1) is 0 Å². The Balaban J connectivity index is 0.0000000880. The highest BCUT2D eigenvalue weighted by Gasteiger charge is 2.20. The summed E-state index contributed by atoms with van der Waals surface area (Å²) < 4.78 is 0. The zero-order valence-electron chi connectivity index (χ0n) is 42.6. The van der Waals surface area contributed by atoms with Crippen LogP contribution in [0.4, 0.5) is 0 Å². The number of fused-ring (bicyclic) bond motifs is 13. The molecule has 0 saturated carbocycles. The first-order valence-electron chi connectivity index (χ1n) is 26.8. The van der Waals surface area contributed by atoms with E-state index in [1.807, 2.05) is 0 Å². The molecule has 0 fully saturated rings. The molecule has 77 heavy (non-hydrogen) atoms. The molecule has 0 aliphatic heterocycles. The lowest BCUT2D eigenvalue weighted by atomic mass is 9.95. The molecule has 2 aliphatic carbocycles. The molecule has 18 rings (SSSR count). The number of hydrogen-bond donors (Lipinski definition) is 0. The molecule has 0 saturated heterocycles. The van der Waals surface area contributed by atoms with Crippen molar-refractivity contribution in [2.75, 3.05) is 0 Å². The second-order valence-corrected chi connectivity index (χ2v) is 20.3. The fraction of sp³-hybridized carbons (Fsp3) is 0.0130. The van der Waals surface area contributed by atoms with Crippen LogP contribution in [0.25, 0.3) is 130 Å². The average Bonchev–Trinajstić information content (AvgIpc) is 4.06. The molecular formula is C77H52. The predicted octanol–water partition coefficient (Wildman–Crippen LogP) is 21.5. The SMILES string of the molecule is c1cc2ccc3cccc4ccc(c1)c2c34.c1ccc2c(c1)-c1cccc3cccc-2c13.c1ccc2c(c1)Cc1ccccc1-2.c1ccc2c(c1)ccc1ccccc12.c1ccc2cc3c(ccc4ccccc43)cc2c1. The molecule has 360 valence electrons. The van der Waals surface area contributed by atoms with Gasteiger partial charge in [-0.15, -0.1) is 0 Å². The van der Waals surface area contributed by atoms with E-state index in [0.29, 0.717) is 0 Å². The normalized spacial score (nSPS) is 11.6. The van der Waals surface area contributed by atoms with Gasteiger partial charge in [-0.1, -0.05) is 291 Å². The average molecular weight is 977 g/mol. The molecule has 0 heterocycles. The summed E-state index contributed by atoms with van der Waals surface area (Å²) in [5, 5.41) is 24.1. The fourth-order valence-electron chi connectivity index (χ4n) is 12.1. The molecule has 0 heteroatoms. The largest absolute Gasteiger partial charge is 0.0619 e. The van der Waals surface area contributed by atoms with Gasteiger partial charge < -0.3 is 0 Å². The Morgan fingerprint density at radius 1 is 0.156 bits per heavy atom. The van der Waals surface area contributed by atoms with Gasteiger partial charge >= 0.3 is 0 Å². The van der Waals surface area contributed by atoms with Gasteiger partial charge in [0.2, 0.25) is 0 Å². The Kier molecular flexibility index (Phi) is 11.7. The molecule has 0 N–H and O–H groups in total. The second kappa shape index (κ2) is 19.8. The molecule has 16 aromatic carbocycles. The molecule has 0 bridgehead atoms. The Bertz CT molecular complexity index is 4550. The highest BCUT2D eigenvalue weighted by atomic mass is 14.2. The third-order valence-electron chi connectivity index (χ3n) is 15.8. The van der Waals surface area contributed by atoms with Crippen LogP contribution in [0.3, 0.4) is 0 Å². The minimum Gasteiger partial charge on any atom is -0.0619 e. The molecular weight excluding hydrogens is 925 g/mol. The minimum atomic E-state index is 1.10. The van der Waals surface area contributed by atoms with Gasteiger partial charge in [0.1, 0.15) is 0 Å². The monoisotopic (exact) mass is 976 g/mol.